The summed E-state index contributed by atoms with van der Waals surface area (Å²) < 4.78 is 14.9. The minimum atomic E-state index is -0.423. The van der Waals surface area contributed by atoms with Crippen LogP contribution in [0.25, 0.3) is 0 Å². The second-order valence-corrected chi connectivity index (χ2v) is 6.86. The van der Waals surface area contributed by atoms with Crippen LogP contribution >= 0.6 is 0 Å². The first-order chi connectivity index (χ1) is 12.5. The Morgan fingerprint density at radius 2 is 2.23 bits per heavy atom. The average molecular weight is 357 g/mol. The van der Waals surface area contributed by atoms with Gasteiger partial charge in [-0.3, -0.25) is 9.59 Å². The number of hydrogen-bond donors (Lipinski definition) is 2. The number of nitrogens with zero attached hydrogens (tertiary/aromatic N) is 1. The van der Waals surface area contributed by atoms with Gasteiger partial charge in [-0.15, -0.1) is 0 Å². The molecule has 0 spiro atoms. The van der Waals surface area contributed by atoms with Crippen molar-refractivity contribution in [3.63, 3.8) is 0 Å². The summed E-state index contributed by atoms with van der Waals surface area (Å²) in [6, 6.07) is 7.85. The van der Waals surface area contributed by atoms with Crippen molar-refractivity contribution in [3.05, 3.63) is 69.4 Å². The highest BCUT2D eigenvalue weighted by Gasteiger charge is 2.19. The van der Waals surface area contributed by atoms with Crippen molar-refractivity contribution in [2.45, 2.75) is 32.9 Å². The molecule has 2 aromatic rings. The molecule has 1 saturated heterocycles. The highest BCUT2D eigenvalue weighted by Crippen LogP contribution is 2.12. The third kappa shape index (κ3) is 4.38. The first-order valence-electron chi connectivity index (χ1n) is 8.98. The molecule has 26 heavy (non-hydrogen) atoms. The molecule has 0 aliphatic carbocycles. The smallest absolute Gasteiger partial charge is 0.263 e. The molecular weight excluding hydrogens is 333 g/mol. The van der Waals surface area contributed by atoms with Crippen LogP contribution in [0.1, 0.15) is 34.3 Å². The summed E-state index contributed by atoms with van der Waals surface area (Å²) in [5, 5.41) is 6.06. The highest BCUT2D eigenvalue weighted by molar-refractivity contribution is 5.95. The number of carbonyl (C=O) groups excluding carboxylic acids is 1. The second-order valence-electron chi connectivity index (χ2n) is 6.86. The van der Waals surface area contributed by atoms with Gasteiger partial charge in [-0.1, -0.05) is 12.1 Å². The van der Waals surface area contributed by atoms with E-state index >= 15 is 0 Å². The summed E-state index contributed by atoms with van der Waals surface area (Å²) in [4.78, 5) is 25.4. The van der Waals surface area contributed by atoms with E-state index in [1.165, 1.54) is 12.1 Å². The second kappa shape index (κ2) is 8.27. The molecule has 6 heteroatoms. The van der Waals surface area contributed by atoms with Gasteiger partial charge in [-0.25, -0.2) is 4.39 Å². The van der Waals surface area contributed by atoms with Gasteiger partial charge < -0.3 is 15.2 Å². The lowest BCUT2D eigenvalue weighted by molar-refractivity contribution is 0.0948. The van der Waals surface area contributed by atoms with E-state index in [1.54, 1.807) is 35.9 Å². The maximum atomic E-state index is 13.2. The lowest BCUT2D eigenvalue weighted by Gasteiger charge is -2.23. The van der Waals surface area contributed by atoms with Gasteiger partial charge in [0.2, 0.25) is 0 Å². The zero-order valence-electron chi connectivity index (χ0n) is 14.9. The van der Waals surface area contributed by atoms with Gasteiger partial charge in [0.25, 0.3) is 11.5 Å². The number of halogens is 1. The summed E-state index contributed by atoms with van der Waals surface area (Å²) in [6.07, 6.45) is 3.94. The maximum absolute atomic E-state index is 13.2. The summed E-state index contributed by atoms with van der Waals surface area (Å²) in [5.41, 5.74) is 1.19. The zero-order valence-corrected chi connectivity index (χ0v) is 14.9. The van der Waals surface area contributed by atoms with Crippen LogP contribution in [0.2, 0.25) is 0 Å². The van der Waals surface area contributed by atoms with Gasteiger partial charge in [0.15, 0.2) is 0 Å². The van der Waals surface area contributed by atoms with Crippen molar-refractivity contribution >= 4 is 5.91 Å². The van der Waals surface area contributed by atoms with E-state index in [2.05, 4.69) is 10.6 Å². The number of aryl methyl sites for hydroxylation is 1. The molecule has 0 radical (unpaired) electrons. The fourth-order valence-electron chi connectivity index (χ4n) is 3.36. The molecule has 1 unspecified atom stereocenters. The molecule has 1 aliphatic rings. The number of benzene rings is 1. The van der Waals surface area contributed by atoms with E-state index in [1.807, 2.05) is 0 Å². The molecule has 1 amide bonds. The van der Waals surface area contributed by atoms with Gasteiger partial charge in [0.1, 0.15) is 11.4 Å². The predicted octanol–water partition coefficient (Wildman–Crippen LogP) is 2.23. The Bertz CT molecular complexity index is 841. The fraction of sp³-hybridized carbons (Fsp3) is 0.400. The third-order valence-electron chi connectivity index (χ3n) is 4.80. The fourth-order valence-corrected chi connectivity index (χ4v) is 3.36. The number of aromatic nitrogens is 1. The average Bonchev–Trinajstić information content (AvgIpc) is 2.63. The topological polar surface area (TPSA) is 63.1 Å². The van der Waals surface area contributed by atoms with E-state index < -0.39 is 5.91 Å². The normalized spacial score (nSPS) is 17.1. The highest BCUT2D eigenvalue weighted by atomic mass is 19.1. The molecule has 2 N–H and O–H groups in total. The molecule has 1 aromatic heterocycles. The summed E-state index contributed by atoms with van der Waals surface area (Å²) >= 11 is 0. The molecule has 138 valence electrons. The Hall–Kier alpha value is -2.47. The van der Waals surface area contributed by atoms with Crippen molar-refractivity contribution < 1.29 is 9.18 Å². The first kappa shape index (κ1) is 18.3. The van der Waals surface area contributed by atoms with Gasteiger partial charge in [-0.05, 0) is 68.1 Å². The number of piperidine rings is 1. The Morgan fingerprint density at radius 1 is 1.38 bits per heavy atom. The number of hydrogen-bond acceptors (Lipinski definition) is 3. The molecule has 1 fully saturated rings. The van der Waals surface area contributed by atoms with Crippen LogP contribution in [0.3, 0.4) is 0 Å². The molecule has 5 nitrogen and oxygen atoms in total. The third-order valence-corrected chi connectivity index (χ3v) is 4.80. The van der Waals surface area contributed by atoms with Gasteiger partial charge in [-0.2, -0.15) is 0 Å². The molecule has 0 bridgehead atoms. The quantitative estimate of drug-likeness (QED) is 0.863. The summed E-state index contributed by atoms with van der Waals surface area (Å²) in [5.74, 6) is -0.378. The number of rotatable bonds is 5. The standard InChI is InChI=1S/C20H24FN3O2/c1-14-7-9-24(13-16-5-3-8-22-11-16)20(26)18(14)19(25)23-12-15-4-2-6-17(21)10-15/h2,4,6-7,9-10,16,22H,3,5,8,11-13H2,1H3,(H,23,25). The van der Waals surface area contributed by atoms with Crippen LogP contribution in [0, 0.1) is 18.7 Å². The van der Waals surface area contributed by atoms with E-state index in [0.29, 0.717) is 23.6 Å². The SMILES string of the molecule is Cc1ccn(CC2CCCNC2)c(=O)c1C(=O)NCc1cccc(F)c1. The van der Waals surface area contributed by atoms with Crippen LogP contribution in [-0.4, -0.2) is 23.6 Å². The van der Waals surface area contributed by atoms with E-state index in [0.717, 1.165) is 25.9 Å². The lowest BCUT2D eigenvalue weighted by atomic mass is 9.99. The van der Waals surface area contributed by atoms with Crippen LogP contribution in [-0.2, 0) is 13.1 Å². The molecule has 3 rings (SSSR count). The Kier molecular flexibility index (Phi) is 5.83. The van der Waals surface area contributed by atoms with E-state index in [9.17, 15) is 14.0 Å². The van der Waals surface area contributed by atoms with Crippen LogP contribution in [0.5, 0.6) is 0 Å². The first-order valence-corrected chi connectivity index (χ1v) is 8.98. The number of nitrogens with one attached hydrogen (secondary N) is 2. The van der Waals surface area contributed by atoms with Gasteiger partial charge in [0, 0.05) is 19.3 Å². The van der Waals surface area contributed by atoms with Crippen LogP contribution < -0.4 is 16.2 Å². The lowest BCUT2D eigenvalue weighted by Crippen LogP contribution is -2.37. The largest absolute Gasteiger partial charge is 0.348 e. The van der Waals surface area contributed by atoms with E-state index in [-0.39, 0.29) is 23.5 Å². The van der Waals surface area contributed by atoms with Crippen molar-refractivity contribution in [2.24, 2.45) is 5.92 Å². The molecule has 2 heterocycles. The van der Waals surface area contributed by atoms with Crippen LogP contribution in [0.4, 0.5) is 4.39 Å². The Balaban J connectivity index is 1.74. The predicted molar refractivity (Wildman–Crippen MR) is 98.6 cm³/mol. The van der Waals surface area contributed by atoms with Gasteiger partial charge in [0.05, 0.1) is 0 Å². The number of carbonyl (C=O) groups is 1. The van der Waals surface area contributed by atoms with Gasteiger partial charge >= 0.3 is 0 Å². The van der Waals surface area contributed by atoms with Crippen molar-refractivity contribution in [3.8, 4) is 0 Å². The number of pyridine rings is 1. The zero-order chi connectivity index (χ0) is 18.5. The number of amides is 1. The molecular formula is C20H24FN3O2. The Labute approximate surface area is 152 Å². The molecule has 0 saturated carbocycles. The van der Waals surface area contributed by atoms with E-state index in [4.69, 9.17) is 0 Å². The monoisotopic (exact) mass is 357 g/mol. The Morgan fingerprint density at radius 3 is 2.96 bits per heavy atom. The van der Waals surface area contributed by atoms with Crippen LogP contribution in [0.15, 0.2) is 41.3 Å². The molecule has 1 aromatic carbocycles. The maximum Gasteiger partial charge on any atom is 0.263 e. The summed E-state index contributed by atoms with van der Waals surface area (Å²) in [7, 11) is 0. The molecule has 1 aliphatic heterocycles. The molecule has 1 atom stereocenters. The minimum absolute atomic E-state index is 0.160. The minimum Gasteiger partial charge on any atom is -0.348 e. The van der Waals surface area contributed by atoms with Crippen molar-refractivity contribution in [2.75, 3.05) is 13.1 Å². The summed E-state index contributed by atoms with van der Waals surface area (Å²) in [6.45, 7) is 4.45. The van der Waals surface area contributed by atoms with Crippen molar-refractivity contribution in [1.29, 1.82) is 0 Å². The van der Waals surface area contributed by atoms with Crippen molar-refractivity contribution in [1.82, 2.24) is 15.2 Å².